The summed E-state index contributed by atoms with van der Waals surface area (Å²) in [5, 5.41) is 2.35. The van der Waals surface area contributed by atoms with Crippen molar-refractivity contribution in [3.05, 3.63) is 16.1 Å². The van der Waals surface area contributed by atoms with Gasteiger partial charge in [-0.1, -0.05) is 0 Å². The van der Waals surface area contributed by atoms with E-state index >= 15 is 0 Å². The molecule has 1 heterocycles. The van der Waals surface area contributed by atoms with Gasteiger partial charge in [-0.3, -0.25) is 0 Å². The van der Waals surface area contributed by atoms with Crippen molar-refractivity contribution in [3.63, 3.8) is 0 Å². The standard InChI is InChI=1S/C11H18N2O2S2/c1-3-15-11(14)10-13-9(7-17-10)6-16-5-4-8(2)12/h7-8H,3-6,12H2,1-2H3. The van der Waals surface area contributed by atoms with Crippen molar-refractivity contribution in [2.24, 2.45) is 5.73 Å². The minimum Gasteiger partial charge on any atom is -0.461 e. The molecule has 0 aliphatic heterocycles. The van der Waals surface area contributed by atoms with Gasteiger partial charge in [-0.15, -0.1) is 11.3 Å². The molecule has 2 N–H and O–H groups in total. The molecule has 1 aromatic heterocycles. The van der Waals surface area contributed by atoms with E-state index in [1.165, 1.54) is 11.3 Å². The Morgan fingerprint density at radius 1 is 1.71 bits per heavy atom. The third kappa shape index (κ3) is 5.52. The van der Waals surface area contributed by atoms with Crippen molar-refractivity contribution < 1.29 is 9.53 Å². The Labute approximate surface area is 110 Å². The lowest BCUT2D eigenvalue weighted by Gasteiger charge is -2.02. The molecule has 0 aliphatic rings. The van der Waals surface area contributed by atoms with Crippen LogP contribution in [-0.2, 0) is 10.5 Å². The summed E-state index contributed by atoms with van der Waals surface area (Å²) < 4.78 is 4.88. The van der Waals surface area contributed by atoms with Gasteiger partial charge in [-0.2, -0.15) is 11.8 Å². The van der Waals surface area contributed by atoms with Crippen LogP contribution in [0.3, 0.4) is 0 Å². The molecule has 0 aliphatic carbocycles. The number of hydrogen-bond donors (Lipinski definition) is 1. The number of nitrogens with two attached hydrogens (primary N) is 1. The third-order valence-electron chi connectivity index (χ3n) is 1.97. The third-order valence-corrected chi connectivity index (χ3v) is 3.86. The zero-order valence-electron chi connectivity index (χ0n) is 10.1. The molecule has 0 saturated heterocycles. The highest BCUT2D eigenvalue weighted by Crippen LogP contribution is 2.17. The van der Waals surface area contributed by atoms with E-state index < -0.39 is 0 Å². The number of thiazole rings is 1. The molecule has 0 amide bonds. The number of carbonyl (C=O) groups excluding carboxylic acids is 1. The zero-order chi connectivity index (χ0) is 12.7. The summed E-state index contributed by atoms with van der Waals surface area (Å²) in [5.41, 5.74) is 6.60. The van der Waals surface area contributed by atoms with E-state index in [0.717, 1.165) is 23.6 Å². The summed E-state index contributed by atoms with van der Waals surface area (Å²) in [5.74, 6) is 1.51. The van der Waals surface area contributed by atoms with E-state index in [2.05, 4.69) is 4.98 Å². The van der Waals surface area contributed by atoms with Crippen molar-refractivity contribution in [1.29, 1.82) is 0 Å². The summed E-state index contributed by atoms with van der Waals surface area (Å²) >= 11 is 3.12. The topological polar surface area (TPSA) is 65.2 Å². The number of nitrogens with zero attached hydrogens (tertiary/aromatic N) is 1. The summed E-state index contributed by atoms with van der Waals surface area (Å²) in [6.07, 6.45) is 1.000. The van der Waals surface area contributed by atoms with Gasteiger partial charge in [-0.05, 0) is 26.0 Å². The minimum absolute atomic E-state index is 0.244. The van der Waals surface area contributed by atoms with Crippen LogP contribution in [0.25, 0.3) is 0 Å². The molecule has 1 aromatic rings. The Morgan fingerprint density at radius 2 is 2.47 bits per heavy atom. The predicted octanol–water partition coefficient (Wildman–Crippen LogP) is 2.29. The van der Waals surface area contributed by atoms with Gasteiger partial charge in [0.2, 0.25) is 5.01 Å². The number of aromatic nitrogens is 1. The van der Waals surface area contributed by atoms with E-state index in [1.54, 1.807) is 18.7 Å². The van der Waals surface area contributed by atoms with Crippen LogP contribution >= 0.6 is 23.1 Å². The Kier molecular flexibility index (Phi) is 6.54. The number of ether oxygens (including phenoxy) is 1. The quantitative estimate of drug-likeness (QED) is 0.610. The number of rotatable bonds is 7. The molecule has 1 rings (SSSR count). The summed E-state index contributed by atoms with van der Waals surface area (Å²) in [7, 11) is 0. The van der Waals surface area contributed by atoms with Crippen LogP contribution in [0.1, 0.15) is 35.8 Å². The lowest BCUT2D eigenvalue weighted by molar-refractivity contribution is 0.0525. The van der Waals surface area contributed by atoms with E-state index in [1.807, 2.05) is 12.3 Å². The molecule has 1 atom stereocenters. The molecule has 4 nitrogen and oxygen atoms in total. The fourth-order valence-electron chi connectivity index (χ4n) is 1.11. The van der Waals surface area contributed by atoms with Gasteiger partial charge < -0.3 is 10.5 Å². The largest absolute Gasteiger partial charge is 0.461 e. The first-order chi connectivity index (χ1) is 8.13. The number of carbonyl (C=O) groups is 1. The molecule has 6 heteroatoms. The molecular formula is C11H18N2O2S2. The highest BCUT2D eigenvalue weighted by molar-refractivity contribution is 7.98. The predicted molar refractivity (Wildman–Crippen MR) is 72.5 cm³/mol. The molecule has 0 spiro atoms. The first-order valence-electron chi connectivity index (χ1n) is 5.58. The van der Waals surface area contributed by atoms with Gasteiger partial charge in [0.05, 0.1) is 12.3 Å². The zero-order valence-corrected chi connectivity index (χ0v) is 11.8. The maximum Gasteiger partial charge on any atom is 0.367 e. The molecule has 17 heavy (non-hydrogen) atoms. The summed E-state index contributed by atoms with van der Waals surface area (Å²) in [6, 6.07) is 0.244. The van der Waals surface area contributed by atoms with Gasteiger partial charge >= 0.3 is 5.97 Å². The Morgan fingerprint density at radius 3 is 3.12 bits per heavy atom. The monoisotopic (exact) mass is 274 g/mol. The van der Waals surface area contributed by atoms with Crippen LogP contribution in [-0.4, -0.2) is 29.4 Å². The molecule has 96 valence electrons. The van der Waals surface area contributed by atoms with Gasteiger partial charge in [0, 0.05) is 17.2 Å². The van der Waals surface area contributed by atoms with Gasteiger partial charge in [0.1, 0.15) is 0 Å². The van der Waals surface area contributed by atoms with Crippen LogP contribution in [0.2, 0.25) is 0 Å². The second-order valence-electron chi connectivity index (χ2n) is 3.68. The van der Waals surface area contributed by atoms with Gasteiger partial charge in [-0.25, -0.2) is 9.78 Å². The number of hydrogen-bond acceptors (Lipinski definition) is 6. The highest BCUT2D eigenvalue weighted by Gasteiger charge is 2.11. The molecule has 0 bridgehead atoms. The second kappa shape index (κ2) is 7.68. The first-order valence-corrected chi connectivity index (χ1v) is 7.61. The van der Waals surface area contributed by atoms with Crippen LogP contribution in [0.15, 0.2) is 5.38 Å². The summed E-state index contributed by atoms with van der Waals surface area (Å²) in [6.45, 7) is 4.18. The van der Waals surface area contributed by atoms with Crippen molar-refractivity contribution in [1.82, 2.24) is 4.98 Å². The van der Waals surface area contributed by atoms with Crippen LogP contribution in [0.4, 0.5) is 0 Å². The van der Waals surface area contributed by atoms with Gasteiger partial charge in [0.15, 0.2) is 0 Å². The maximum atomic E-state index is 11.4. The molecule has 0 radical (unpaired) electrons. The summed E-state index contributed by atoms with van der Waals surface area (Å²) in [4.78, 5) is 15.6. The normalized spacial score (nSPS) is 12.4. The van der Waals surface area contributed by atoms with E-state index in [-0.39, 0.29) is 12.0 Å². The average molecular weight is 274 g/mol. The molecule has 0 fully saturated rings. The Bertz CT molecular complexity index is 353. The van der Waals surface area contributed by atoms with Crippen molar-refractivity contribution in [2.45, 2.75) is 32.1 Å². The van der Waals surface area contributed by atoms with Crippen LogP contribution in [0, 0.1) is 0 Å². The van der Waals surface area contributed by atoms with Crippen molar-refractivity contribution in [3.8, 4) is 0 Å². The van der Waals surface area contributed by atoms with Crippen LogP contribution in [0.5, 0.6) is 0 Å². The van der Waals surface area contributed by atoms with Crippen LogP contribution < -0.4 is 5.73 Å². The number of esters is 1. The van der Waals surface area contributed by atoms with E-state index in [9.17, 15) is 4.79 Å². The second-order valence-corrected chi connectivity index (χ2v) is 5.65. The van der Waals surface area contributed by atoms with E-state index in [0.29, 0.717) is 11.6 Å². The maximum absolute atomic E-state index is 11.4. The lowest BCUT2D eigenvalue weighted by Crippen LogP contribution is -2.15. The Balaban J connectivity index is 2.33. The lowest BCUT2D eigenvalue weighted by atomic mass is 10.3. The van der Waals surface area contributed by atoms with E-state index in [4.69, 9.17) is 10.5 Å². The van der Waals surface area contributed by atoms with Gasteiger partial charge in [0.25, 0.3) is 0 Å². The molecule has 1 unspecified atom stereocenters. The fourth-order valence-corrected chi connectivity index (χ4v) is 2.96. The average Bonchev–Trinajstić information content (AvgIpc) is 2.73. The first kappa shape index (κ1) is 14.5. The highest BCUT2D eigenvalue weighted by atomic mass is 32.2. The smallest absolute Gasteiger partial charge is 0.367 e. The van der Waals surface area contributed by atoms with Crippen molar-refractivity contribution >= 4 is 29.1 Å². The molecular weight excluding hydrogens is 256 g/mol. The fraction of sp³-hybridized carbons (Fsp3) is 0.636. The number of thioether (sulfide) groups is 1. The SMILES string of the molecule is CCOC(=O)c1nc(CSCCC(C)N)cs1. The minimum atomic E-state index is -0.329. The van der Waals surface area contributed by atoms with Crippen molar-refractivity contribution in [2.75, 3.05) is 12.4 Å². The Hall–Kier alpha value is -0.590. The molecule has 0 aromatic carbocycles. The molecule has 0 saturated carbocycles.